The van der Waals surface area contributed by atoms with Gasteiger partial charge in [0.15, 0.2) is 17.5 Å². The number of hydrogen-bond donors (Lipinski definition) is 1. The second-order valence-corrected chi connectivity index (χ2v) is 6.77. The summed E-state index contributed by atoms with van der Waals surface area (Å²) in [7, 11) is 8.28. The van der Waals surface area contributed by atoms with E-state index in [1.165, 1.54) is 0 Å². The lowest BCUT2D eigenvalue weighted by molar-refractivity contribution is -0.120. The van der Waals surface area contributed by atoms with Crippen molar-refractivity contribution in [3.05, 3.63) is 30.1 Å². The number of carbonyl (C=O) groups excluding carboxylic acids is 1. The highest BCUT2D eigenvalue weighted by Gasteiger charge is 2.27. The Bertz CT molecular complexity index is 901. The minimum Gasteiger partial charge on any atom is -0.493 e. The Kier molecular flexibility index (Phi) is 6.65. The van der Waals surface area contributed by atoms with Crippen molar-refractivity contribution in [3.8, 4) is 17.2 Å². The highest BCUT2D eigenvalue weighted by atomic mass is 16.5. The molecule has 0 radical (unpaired) electrons. The predicted molar refractivity (Wildman–Crippen MR) is 113 cm³/mol. The number of aryl methyl sites for hydroxylation is 1. The molecule has 3 rings (SSSR count). The molecule has 1 N–H and O–H groups in total. The molecule has 1 saturated heterocycles. The summed E-state index contributed by atoms with van der Waals surface area (Å²) in [5.41, 5.74) is 1.74. The van der Waals surface area contributed by atoms with Gasteiger partial charge in [0.05, 0.1) is 33.2 Å². The molecule has 2 heterocycles. The molecule has 1 aliphatic rings. The number of anilines is 1. The fourth-order valence-electron chi connectivity index (χ4n) is 3.43. The molecule has 1 aromatic heterocycles. The number of ether oxygens (including phenoxy) is 3. The second-order valence-electron chi connectivity index (χ2n) is 6.77. The van der Waals surface area contributed by atoms with Crippen molar-refractivity contribution in [3.63, 3.8) is 0 Å². The Balaban J connectivity index is 1.66. The standard InChI is InChI=1S/C20H28N6O4/c1-21-20(22-10-14-8-16(28-3)19(30-5)17(9-14)29-4)25-6-7-26(18(27)13-25)15-11-23-24(2)12-15/h8-9,11-12H,6-7,10,13H2,1-5H3,(H,21,22). The van der Waals surface area contributed by atoms with Crippen LogP contribution in [0.15, 0.2) is 29.5 Å². The number of guanidine groups is 1. The molecule has 0 aliphatic carbocycles. The van der Waals surface area contributed by atoms with Gasteiger partial charge in [-0.3, -0.25) is 14.5 Å². The monoisotopic (exact) mass is 416 g/mol. The molecule has 30 heavy (non-hydrogen) atoms. The highest BCUT2D eigenvalue weighted by molar-refractivity contribution is 5.98. The van der Waals surface area contributed by atoms with E-state index in [1.807, 2.05) is 30.3 Å². The zero-order chi connectivity index (χ0) is 21.7. The average molecular weight is 416 g/mol. The fraction of sp³-hybridized carbons (Fsp3) is 0.450. The fourth-order valence-corrected chi connectivity index (χ4v) is 3.43. The van der Waals surface area contributed by atoms with E-state index in [2.05, 4.69) is 15.4 Å². The van der Waals surface area contributed by atoms with E-state index < -0.39 is 0 Å². The lowest BCUT2D eigenvalue weighted by atomic mass is 10.1. The van der Waals surface area contributed by atoms with Crippen LogP contribution >= 0.6 is 0 Å². The Hall–Kier alpha value is -3.43. The number of rotatable bonds is 6. The smallest absolute Gasteiger partial charge is 0.246 e. The van der Waals surface area contributed by atoms with Crippen LogP contribution in [0.3, 0.4) is 0 Å². The minimum absolute atomic E-state index is 0.00462. The predicted octanol–water partition coefficient (Wildman–Crippen LogP) is 0.870. The van der Waals surface area contributed by atoms with Crippen LogP contribution in [-0.4, -0.2) is 74.6 Å². The van der Waals surface area contributed by atoms with Crippen molar-refractivity contribution in [2.75, 3.05) is 52.9 Å². The van der Waals surface area contributed by atoms with Crippen molar-refractivity contribution in [1.82, 2.24) is 20.0 Å². The third-order valence-corrected chi connectivity index (χ3v) is 4.91. The van der Waals surface area contributed by atoms with E-state index in [9.17, 15) is 4.79 Å². The maximum atomic E-state index is 12.7. The van der Waals surface area contributed by atoms with Crippen molar-refractivity contribution < 1.29 is 19.0 Å². The van der Waals surface area contributed by atoms with E-state index in [0.717, 1.165) is 11.3 Å². The summed E-state index contributed by atoms with van der Waals surface area (Å²) in [6.45, 7) is 1.95. The largest absolute Gasteiger partial charge is 0.493 e. The van der Waals surface area contributed by atoms with Gasteiger partial charge in [-0.1, -0.05) is 0 Å². The van der Waals surface area contributed by atoms with E-state index in [-0.39, 0.29) is 12.5 Å². The van der Waals surface area contributed by atoms with Crippen molar-refractivity contribution in [2.45, 2.75) is 6.54 Å². The Labute approximate surface area is 176 Å². The number of amides is 1. The molecule has 0 atom stereocenters. The molecule has 1 aromatic carbocycles. The summed E-state index contributed by atoms with van der Waals surface area (Å²) >= 11 is 0. The topological polar surface area (TPSA) is 93.5 Å². The average Bonchev–Trinajstić information content (AvgIpc) is 3.19. The Morgan fingerprint density at radius 3 is 2.37 bits per heavy atom. The van der Waals surface area contributed by atoms with Crippen LogP contribution in [0.25, 0.3) is 0 Å². The van der Waals surface area contributed by atoms with Crippen LogP contribution in [0, 0.1) is 0 Å². The molecule has 0 bridgehead atoms. The van der Waals surface area contributed by atoms with Crippen molar-refractivity contribution in [1.29, 1.82) is 0 Å². The third-order valence-electron chi connectivity index (χ3n) is 4.91. The molecular weight excluding hydrogens is 388 g/mol. The van der Waals surface area contributed by atoms with Crippen LogP contribution in [-0.2, 0) is 18.4 Å². The van der Waals surface area contributed by atoms with E-state index in [4.69, 9.17) is 14.2 Å². The molecule has 0 saturated carbocycles. The number of aromatic nitrogens is 2. The number of nitrogens with one attached hydrogen (secondary N) is 1. The Morgan fingerprint density at radius 2 is 1.87 bits per heavy atom. The van der Waals surface area contributed by atoms with Gasteiger partial charge in [-0.15, -0.1) is 0 Å². The van der Waals surface area contributed by atoms with Gasteiger partial charge in [0.1, 0.15) is 6.54 Å². The molecule has 162 valence electrons. The number of methoxy groups -OCH3 is 3. The summed E-state index contributed by atoms with van der Waals surface area (Å²) in [5.74, 6) is 2.38. The summed E-state index contributed by atoms with van der Waals surface area (Å²) < 4.78 is 17.9. The van der Waals surface area contributed by atoms with Gasteiger partial charge < -0.3 is 29.3 Å². The normalized spacial score (nSPS) is 14.7. The highest BCUT2D eigenvalue weighted by Crippen LogP contribution is 2.38. The maximum Gasteiger partial charge on any atom is 0.246 e. The van der Waals surface area contributed by atoms with Crippen molar-refractivity contribution in [2.24, 2.45) is 12.0 Å². The summed E-state index contributed by atoms with van der Waals surface area (Å²) in [5, 5.41) is 7.46. The first-order valence-corrected chi connectivity index (χ1v) is 9.54. The number of benzene rings is 1. The molecule has 1 aliphatic heterocycles. The third kappa shape index (κ3) is 4.42. The Morgan fingerprint density at radius 1 is 1.17 bits per heavy atom. The first-order chi connectivity index (χ1) is 14.5. The summed E-state index contributed by atoms with van der Waals surface area (Å²) in [6, 6.07) is 3.76. The minimum atomic E-state index is 0.00462. The zero-order valence-corrected chi connectivity index (χ0v) is 18.0. The van der Waals surface area contributed by atoms with Gasteiger partial charge in [-0.05, 0) is 17.7 Å². The number of aliphatic imine (C=N–C) groups is 1. The van der Waals surface area contributed by atoms with Crippen molar-refractivity contribution >= 4 is 17.6 Å². The molecule has 1 fully saturated rings. The van der Waals surface area contributed by atoms with Crippen LogP contribution in [0.2, 0.25) is 0 Å². The van der Waals surface area contributed by atoms with Gasteiger partial charge >= 0.3 is 0 Å². The first kappa shape index (κ1) is 21.3. The van der Waals surface area contributed by atoms with Gasteiger partial charge in [0.25, 0.3) is 0 Å². The second kappa shape index (κ2) is 9.38. The quantitative estimate of drug-likeness (QED) is 0.552. The molecule has 0 spiro atoms. The van der Waals surface area contributed by atoms with Crippen LogP contribution in [0.4, 0.5) is 5.69 Å². The molecular formula is C20H28N6O4. The number of hydrogen-bond acceptors (Lipinski definition) is 6. The van der Waals surface area contributed by atoms with E-state index in [0.29, 0.717) is 42.8 Å². The summed E-state index contributed by atoms with van der Waals surface area (Å²) in [6.07, 6.45) is 3.54. The van der Waals surface area contributed by atoms with Gasteiger partial charge in [-0.2, -0.15) is 5.10 Å². The summed E-state index contributed by atoms with van der Waals surface area (Å²) in [4.78, 5) is 20.7. The number of nitrogens with zero attached hydrogens (tertiary/aromatic N) is 5. The van der Waals surface area contributed by atoms with Crippen LogP contribution in [0.5, 0.6) is 17.2 Å². The molecule has 2 aromatic rings. The van der Waals surface area contributed by atoms with Crippen LogP contribution < -0.4 is 24.4 Å². The number of carbonyl (C=O) groups is 1. The SMILES string of the molecule is CN=C(NCc1cc(OC)c(OC)c(OC)c1)N1CCN(c2cnn(C)c2)C(=O)C1. The maximum absolute atomic E-state index is 12.7. The number of piperazine rings is 1. The lowest BCUT2D eigenvalue weighted by Gasteiger charge is -2.35. The van der Waals surface area contributed by atoms with Gasteiger partial charge in [0, 0.05) is 39.9 Å². The zero-order valence-electron chi connectivity index (χ0n) is 18.0. The molecule has 0 unspecified atom stereocenters. The lowest BCUT2D eigenvalue weighted by Crippen LogP contribution is -2.55. The van der Waals surface area contributed by atoms with E-state index in [1.54, 1.807) is 44.2 Å². The first-order valence-electron chi connectivity index (χ1n) is 9.54. The van der Waals surface area contributed by atoms with Gasteiger partial charge in [0.2, 0.25) is 11.7 Å². The molecule has 1 amide bonds. The molecule has 10 nitrogen and oxygen atoms in total. The molecule has 10 heteroatoms. The van der Waals surface area contributed by atoms with E-state index >= 15 is 0 Å². The van der Waals surface area contributed by atoms with Gasteiger partial charge in [-0.25, -0.2) is 0 Å². The van der Waals surface area contributed by atoms with Crippen LogP contribution in [0.1, 0.15) is 5.56 Å².